The van der Waals surface area contributed by atoms with Crippen molar-refractivity contribution in [2.45, 2.75) is 45.9 Å². The minimum Gasteiger partial charge on any atom is -0.372 e. The lowest BCUT2D eigenvalue weighted by Crippen LogP contribution is -2.47. The molecule has 1 saturated heterocycles. The van der Waals surface area contributed by atoms with Gasteiger partial charge in [0.2, 0.25) is 5.91 Å². The summed E-state index contributed by atoms with van der Waals surface area (Å²) in [6, 6.07) is 6.11. The third-order valence-electron chi connectivity index (χ3n) is 5.70. The summed E-state index contributed by atoms with van der Waals surface area (Å²) in [6.07, 6.45) is 4.09. The van der Waals surface area contributed by atoms with Gasteiger partial charge in [0, 0.05) is 49.8 Å². The van der Waals surface area contributed by atoms with E-state index in [0.29, 0.717) is 19.5 Å². The van der Waals surface area contributed by atoms with Gasteiger partial charge in [-0.25, -0.2) is 9.97 Å². The number of nitro benzene ring substituents is 1. The fraction of sp³-hybridized carbons (Fsp3) is 0.435. The number of carbonyl (C=O) groups excluding carboxylic acids is 1. The number of aromatic nitrogens is 2. The average molecular weight is 438 g/mol. The molecule has 0 saturated carbocycles. The number of fused-ring (bicyclic) bond motifs is 1. The number of aryl methyl sites for hydroxylation is 1. The Kier molecular flexibility index (Phi) is 6.18. The van der Waals surface area contributed by atoms with Crippen LogP contribution in [0.1, 0.15) is 36.5 Å². The van der Waals surface area contributed by atoms with Crippen molar-refractivity contribution in [1.82, 2.24) is 14.9 Å². The van der Waals surface area contributed by atoms with E-state index in [9.17, 15) is 14.9 Å². The second-order valence-electron chi connectivity index (χ2n) is 8.37. The van der Waals surface area contributed by atoms with Crippen LogP contribution in [-0.2, 0) is 22.5 Å². The van der Waals surface area contributed by atoms with E-state index < -0.39 is 4.92 Å². The number of benzene rings is 1. The molecular formula is C23H27N5O4. The Morgan fingerprint density at radius 1 is 1.19 bits per heavy atom. The Labute approximate surface area is 186 Å². The first-order chi connectivity index (χ1) is 15.3. The van der Waals surface area contributed by atoms with Crippen molar-refractivity contribution in [3.63, 3.8) is 0 Å². The SMILES string of the molecule is Cc1nc2c(c(N3C[C@@H](C)O[C@@H](C)C3)n1)CN(C(=O)/C=C/c1ccc([N+](=O)[O-])cc1)CC2. The fourth-order valence-corrected chi connectivity index (χ4v) is 4.30. The van der Waals surface area contributed by atoms with E-state index >= 15 is 0 Å². The van der Waals surface area contributed by atoms with Gasteiger partial charge in [0.05, 0.1) is 29.4 Å². The summed E-state index contributed by atoms with van der Waals surface area (Å²) in [6.45, 7) is 8.56. The maximum Gasteiger partial charge on any atom is 0.269 e. The first-order valence-electron chi connectivity index (χ1n) is 10.8. The molecule has 0 spiro atoms. The molecular weight excluding hydrogens is 410 g/mol. The highest BCUT2D eigenvalue weighted by atomic mass is 16.6. The standard InChI is InChI=1S/C23H27N5O4/c1-15-12-27(13-16(2)32-15)23-20-14-26(11-10-21(20)24-17(3)25-23)22(29)9-6-18-4-7-19(8-5-18)28(30)31/h4-9,15-16H,10-14H2,1-3H3/b9-6+/t15-,16+. The summed E-state index contributed by atoms with van der Waals surface area (Å²) in [4.78, 5) is 36.6. The Balaban J connectivity index is 1.52. The summed E-state index contributed by atoms with van der Waals surface area (Å²) in [7, 11) is 0. The molecule has 0 aliphatic carbocycles. The van der Waals surface area contributed by atoms with Gasteiger partial charge in [0.1, 0.15) is 11.6 Å². The van der Waals surface area contributed by atoms with Crippen LogP contribution in [0.25, 0.3) is 6.08 Å². The first kappa shape index (κ1) is 21.9. The Morgan fingerprint density at radius 3 is 2.53 bits per heavy atom. The van der Waals surface area contributed by atoms with Gasteiger partial charge in [-0.15, -0.1) is 0 Å². The second-order valence-corrected chi connectivity index (χ2v) is 8.37. The minimum absolute atomic E-state index is 0.0238. The Bertz CT molecular complexity index is 1040. The third kappa shape index (κ3) is 4.77. The van der Waals surface area contributed by atoms with Crippen molar-refractivity contribution in [3.05, 3.63) is 63.1 Å². The quantitative estimate of drug-likeness (QED) is 0.412. The highest BCUT2D eigenvalue weighted by Crippen LogP contribution is 2.29. The molecule has 168 valence electrons. The Hall–Kier alpha value is -3.33. The largest absolute Gasteiger partial charge is 0.372 e. The Morgan fingerprint density at radius 2 is 1.88 bits per heavy atom. The number of non-ortho nitro benzene ring substituents is 1. The molecule has 32 heavy (non-hydrogen) atoms. The van der Waals surface area contributed by atoms with Crippen LogP contribution in [0.3, 0.4) is 0 Å². The molecule has 1 amide bonds. The normalized spacial score (nSPS) is 21.0. The van der Waals surface area contributed by atoms with E-state index in [1.165, 1.54) is 18.2 Å². The van der Waals surface area contributed by atoms with Crippen molar-refractivity contribution < 1.29 is 14.5 Å². The molecule has 0 unspecified atom stereocenters. The number of carbonyl (C=O) groups is 1. The zero-order valence-corrected chi connectivity index (χ0v) is 18.5. The topological polar surface area (TPSA) is 102 Å². The number of anilines is 1. The fourth-order valence-electron chi connectivity index (χ4n) is 4.30. The van der Waals surface area contributed by atoms with E-state index in [1.54, 1.807) is 23.1 Å². The number of amides is 1. The number of morpholine rings is 1. The van der Waals surface area contributed by atoms with Gasteiger partial charge in [-0.2, -0.15) is 0 Å². The van der Waals surface area contributed by atoms with Crippen molar-refractivity contribution >= 4 is 23.5 Å². The van der Waals surface area contributed by atoms with Gasteiger partial charge < -0.3 is 14.5 Å². The lowest BCUT2D eigenvalue weighted by atomic mass is 10.0. The zero-order chi connectivity index (χ0) is 22.8. The number of rotatable bonds is 4. The van der Waals surface area contributed by atoms with Gasteiger partial charge in [0.15, 0.2) is 0 Å². The maximum atomic E-state index is 12.9. The summed E-state index contributed by atoms with van der Waals surface area (Å²) in [5.41, 5.74) is 2.76. The van der Waals surface area contributed by atoms with Crippen LogP contribution >= 0.6 is 0 Å². The predicted octanol–water partition coefficient (Wildman–Crippen LogP) is 2.90. The first-order valence-corrected chi connectivity index (χ1v) is 10.8. The number of hydrogen-bond donors (Lipinski definition) is 0. The smallest absolute Gasteiger partial charge is 0.269 e. The molecule has 1 aromatic carbocycles. The van der Waals surface area contributed by atoms with Crippen molar-refractivity contribution in [2.24, 2.45) is 0 Å². The van der Waals surface area contributed by atoms with Gasteiger partial charge in [0.25, 0.3) is 5.69 Å². The molecule has 2 aromatic rings. The van der Waals surface area contributed by atoms with Crippen molar-refractivity contribution in [1.29, 1.82) is 0 Å². The molecule has 9 nitrogen and oxygen atoms in total. The highest BCUT2D eigenvalue weighted by molar-refractivity contribution is 5.92. The molecule has 0 radical (unpaired) electrons. The number of nitro groups is 1. The van der Waals surface area contributed by atoms with Gasteiger partial charge in [-0.05, 0) is 44.5 Å². The van der Waals surface area contributed by atoms with Crippen molar-refractivity contribution in [2.75, 3.05) is 24.5 Å². The molecule has 0 bridgehead atoms. The summed E-state index contributed by atoms with van der Waals surface area (Å²) in [5, 5.41) is 10.8. The number of nitrogens with zero attached hydrogens (tertiary/aromatic N) is 5. The molecule has 9 heteroatoms. The third-order valence-corrected chi connectivity index (χ3v) is 5.70. The van der Waals surface area contributed by atoms with Crippen LogP contribution in [0.2, 0.25) is 0 Å². The van der Waals surface area contributed by atoms with Crippen LogP contribution < -0.4 is 4.90 Å². The van der Waals surface area contributed by atoms with E-state index in [1.807, 2.05) is 6.92 Å². The molecule has 2 aliphatic rings. The van der Waals surface area contributed by atoms with E-state index in [4.69, 9.17) is 9.72 Å². The molecule has 0 N–H and O–H groups in total. The van der Waals surface area contributed by atoms with Crippen LogP contribution in [0.5, 0.6) is 0 Å². The molecule has 1 aromatic heterocycles. The van der Waals surface area contributed by atoms with E-state index in [-0.39, 0.29) is 23.8 Å². The van der Waals surface area contributed by atoms with Crippen LogP contribution in [0, 0.1) is 17.0 Å². The van der Waals surface area contributed by atoms with E-state index in [0.717, 1.165) is 41.6 Å². The summed E-state index contributed by atoms with van der Waals surface area (Å²) in [5.74, 6) is 1.53. The molecule has 2 atom stereocenters. The van der Waals surface area contributed by atoms with Crippen molar-refractivity contribution in [3.8, 4) is 0 Å². The van der Waals surface area contributed by atoms with Gasteiger partial charge in [-0.1, -0.05) is 0 Å². The number of ether oxygens (including phenoxy) is 1. The number of hydrogen-bond acceptors (Lipinski definition) is 7. The van der Waals surface area contributed by atoms with Crippen LogP contribution in [0.4, 0.5) is 11.5 Å². The lowest BCUT2D eigenvalue weighted by molar-refractivity contribution is -0.384. The summed E-state index contributed by atoms with van der Waals surface area (Å²) < 4.78 is 5.87. The lowest BCUT2D eigenvalue weighted by Gasteiger charge is -2.38. The monoisotopic (exact) mass is 437 g/mol. The molecule has 2 aliphatic heterocycles. The molecule has 4 rings (SSSR count). The van der Waals surface area contributed by atoms with E-state index in [2.05, 4.69) is 23.7 Å². The van der Waals surface area contributed by atoms with Crippen LogP contribution in [0.15, 0.2) is 30.3 Å². The zero-order valence-electron chi connectivity index (χ0n) is 18.5. The second kappa shape index (κ2) is 9.04. The average Bonchev–Trinajstić information content (AvgIpc) is 2.76. The maximum absolute atomic E-state index is 12.9. The van der Waals surface area contributed by atoms with Gasteiger partial charge in [-0.3, -0.25) is 14.9 Å². The molecule has 3 heterocycles. The predicted molar refractivity (Wildman–Crippen MR) is 120 cm³/mol. The highest BCUT2D eigenvalue weighted by Gasteiger charge is 2.30. The van der Waals surface area contributed by atoms with Crippen LogP contribution in [-0.4, -0.2) is 57.5 Å². The summed E-state index contributed by atoms with van der Waals surface area (Å²) >= 11 is 0. The van der Waals surface area contributed by atoms with Gasteiger partial charge >= 0.3 is 0 Å². The molecule has 1 fully saturated rings. The minimum atomic E-state index is -0.443.